The lowest BCUT2D eigenvalue weighted by atomic mass is 9.94. The van der Waals surface area contributed by atoms with Gasteiger partial charge in [0.2, 0.25) is 0 Å². The molecule has 0 heterocycles. The Hall–Kier alpha value is -1.88. The molecule has 5 heteroatoms. The van der Waals surface area contributed by atoms with Crippen molar-refractivity contribution >= 4 is 0 Å². The van der Waals surface area contributed by atoms with Gasteiger partial charge in [-0.3, -0.25) is 0 Å². The second kappa shape index (κ2) is 6.71. The average Bonchev–Trinajstić information content (AvgIpc) is 2.45. The Balaban J connectivity index is 2.27. The Labute approximate surface area is 132 Å². The van der Waals surface area contributed by atoms with Crippen LogP contribution in [-0.2, 0) is 12.8 Å². The molecule has 23 heavy (non-hydrogen) atoms. The van der Waals surface area contributed by atoms with E-state index >= 15 is 0 Å². The summed E-state index contributed by atoms with van der Waals surface area (Å²) in [4.78, 5) is 0. The van der Waals surface area contributed by atoms with Gasteiger partial charge in [-0.1, -0.05) is 29.8 Å². The minimum absolute atomic E-state index is 0.176. The molecule has 0 aromatic heterocycles. The zero-order valence-electron chi connectivity index (χ0n) is 12.9. The Kier molecular flexibility index (Phi) is 5.09. The minimum atomic E-state index is -4.77. The van der Waals surface area contributed by atoms with Crippen LogP contribution in [-0.4, -0.2) is 11.3 Å². The third-order valence-electron chi connectivity index (χ3n) is 3.87. The number of benzene rings is 2. The summed E-state index contributed by atoms with van der Waals surface area (Å²) in [5.74, 6) is -0.612. The molecule has 2 aromatic rings. The standard InChI is InChI=1S/C18H18F4O/c1-11-3-4-13(12(2)9-11)5-6-14-10-15(19)7-8-16(14)17(23)18(20,21)22/h3-4,7-10,17,23H,5-6H2,1-2H3. The number of hydrogen-bond donors (Lipinski definition) is 1. The third kappa shape index (κ3) is 4.32. The molecule has 0 radical (unpaired) electrons. The fourth-order valence-corrected chi connectivity index (χ4v) is 2.63. The van der Waals surface area contributed by atoms with Gasteiger partial charge in [0.25, 0.3) is 0 Å². The predicted octanol–water partition coefficient (Wildman–Crippen LogP) is 4.82. The summed E-state index contributed by atoms with van der Waals surface area (Å²) >= 11 is 0. The van der Waals surface area contributed by atoms with Gasteiger partial charge in [0.1, 0.15) is 5.82 Å². The summed E-state index contributed by atoms with van der Waals surface area (Å²) in [5, 5.41) is 9.47. The van der Waals surface area contributed by atoms with E-state index in [2.05, 4.69) is 0 Å². The molecule has 1 atom stereocenters. The highest BCUT2D eigenvalue weighted by Crippen LogP contribution is 2.34. The second-order valence-electron chi connectivity index (χ2n) is 5.72. The van der Waals surface area contributed by atoms with E-state index in [0.29, 0.717) is 6.42 Å². The van der Waals surface area contributed by atoms with Crippen molar-refractivity contribution in [2.45, 2.75) is 39.0 Å². The van der Waals surface area contributed by atoms with E-state index < -0.39 is 18.1 Å². The van der Waals surface area contributed by atoms with E-state index in [1.165, 1.54) is 0 Å². The maximum absolute atomic E-state index is 13.4. The summed E-state index contributed by atoms with van der Waals surface area (Å²) in [5.41, 5.74) is 3.02. The molecule has 1 N–H and O–H groups in total. The van der Waals surface area contributed by atoms with Gasteiger partial charge in [-0.05, 0) is 61.1 Å². The molecule has 2 rings (SSSR count). The van der Waals surface area contributed by atoms with E-state index in [9.17, 15) is 22.7 Å². The van der Waals surface area contributed by atoms with Gasteiger partial charge in [0, 0.05) is 0 Å². The molecule has 0 spiro atoms. The number of aliphatic hydroxyl groups excluding tert-OH is 1. The molecule has 0 aliphatic carbocycles. The van der Waals surface area contributed by atoms with Gasteiger partial charge >= 0.3 is 6.18 Å². The maximum atomic E-state index is 13.4. The van der Waals surface area contributed by atoms with Crippen LogP contribution < -0.4 is 0 Å². The highest BCUT2D eigenvalue weighted by molar-refractivity contribution is 5.34. The fourth-order valence-electron chi connectivity index (χ4n) is 2.63. The largest absolute Gasteiger partial charge is 0.418 e. The zero-order valence-corrected chi connectivity index (χ0v) is 12.9. The number of aryl methyl sites for hydroxylation is 4. The van der Waals surface area contributed by atoms with E-state index in [0.717, 1.165) is 34.9 Å². The van der Waals surface area contributed by atoms with Gasteiger partial charge in [-0.2, -0.15) is 13.2 Å². The smallest absolute Gasteiger partial charge is 0.379 e. The summed E-state index contributed by atoms with van der Waals surface area (Å²) in [6, 6.07) is 8.85. The number of rotatable bonds is 4. The van der Waals surface area contributed by atoms with Crippen molar-refractivity contribution in [3.8, 4) is 0 Å². The normalized spacial score (nSPS) is 13.2. The highest BCUT2D eigenvalue weighted by atomic mass is 19.4. The molecule has 0 fully saturated rings. The Morgan fingerprint density at radius 2 is 1.61 bits per heavy atom. The average molecular weight is 326 g/mol. The molecular weight excluding hydrogens is 308 g/mol. The van der Waals surface area contributed by atoms with Crippen LogP contribution in [0.15, 0.2) is 36.4 Å². The van der Waals surface area contributed by atoms with Crippen molar-refractivity contribution < 1.29 is 22.7 Å². The van der Waals surface area contributed by atoms with Crippen molar-refractivity contribution in [1.29, 1.82) is 0 Å². The van der Waals surface area contributed by atoms with Crippen LogP contribution in [0.5, 0.6) is 0 Å². The molecule has 0 aliphatic heterocycles. The molecular formula is C18H18F4O. The van der Waals surface area contributed by atoms with Crippen LogP contribution >= 0.6 is 0 Å². The van der Waals surface area contributed by atoms with Crippen LogP contribution in [0.1, 0.15) is 33.9 Å². The third-order valence-corrected chi connectivity index (χ3v) is 3.87. The van der Waals surface area contributed by atoms with E-state index in [4.69, 9.17) is 0 Å². The number of aliphatic hydroxyl groups is 1. The van der Waals surface area contributed by atoms with Crippen LogP contribution in [0.2, 0.25) is 0 Å². The van der Waals surface area contributed by atoms with Gasteiger partial charge in [0.15, 0.2) is 6.10 Å². The molecule has 124 valence electrons. The van der Waals surface area contributed by atoms with Crippen molar-refractivity contribution in [2.75, 3.05) is 0 Å². The number of alkyl halides is 3. The lowest BCUT2D eigenvalue weighted by molar-refractivity contribution is -0.207. The van der Waals surface area contributed by atoms with Crippen molar-refractivity contribution in [3.05, 3.63) is 70.0 Å². The first kappa shape index (κ1) is 17.5. The summed E-state index contributed by atoms with van der Waals surface area (Å²) in [7, 11) is 0. The zero-order chi connectivity index (χ0) is 17.2. The Morgan fingerprint density at radius 1 is 0.957 bits per heavy atom. The van der Waals surface area contributed by atoms with Crippen LogP contribution in [0.25, 0.3) is 0 Å². The topological polar surface area (TPSA) is 20.2 Å². The van der Waals surface area contributed by atoms with E-state index in [-0.39, 0.29) is 17.5 Å². The number of hydrogen-bond acceptors (Lipinski definition) is 1. The molecule has 1 unspecified atom stereocenters. The molecule has 0 amide bonds. The van der Waals surface area contributed by atoms with Crippen LogP contribution in [0.3, 0.4) is 0 Å². The van der Waals surface area contributed by atoms with Gasteiger partial charge < -0.3 is 5.11 Å². The molecule has 0 saturated heterocycles. The van der Waals surface area contributed by atoms with Crippen molar-refractivity contribution in [3.63, 3.8) is 0 Å². The minimum Gasteiger partial charge on any atom is -0.379 e. The Bertz CT molecular complexity index is 692. The van der Waals surface area contributed by atoms with Crippen molar-refractivity contribution in [2.24, 2.45) is 0 Å². The molecule has 1 nitrogen and oxygen atoms in total. The van der Waals surface area contributed by atoms with Gasteiger partial charge in [-0.25, -0.2) is 4.39 Å². The lowest BCUT2D eigenvalue weighted by Gasteiger charge is -2.18. The lowest BCUT2D eigenvalue weighted by Crippen LogP contribution is -2.21. The molecule has 0 saturated carbocycles. The first-order valence-electron chi connectivity index (χ1n) is 7.27. The second-order valence-corrected chi connectivity index (χ2v) is 5.72. The SMILES string of the molecule is Cc1ccc(CCc2cc(F)ccc2C(O)C(F)(F)F)c(C)c1. The molecule has 0 bridgehead atoms. The highest BCUT2D eigenvalue weighted by Gasteiger charge is 2.40. The van der Waals surface area contributed by atoms with E-state index in [1.54, 1.807) is 0 Å². The summed E-state index contributed by atoms with van der Waals surface area (Å²) in [6.45, 7) is 3.89. The monoisotopic (exact) mass is 326 g/mol. The molecule has 2 aromatic carbocycles. The van der Waals surface area contributed by atoms with Crippen LogP contribution in [0, 0.1) is 19.7 Å². The number of halogens is 4. The van der Waals surface area contributed by atoms with Gasteiger partial charge in [0.05, 0.1) is 0 Å². The first-order chi connectivity index (χ1) is 10.7. The Morgan fingerprint density at radius 3 is 2.22 bits per heavy atom. The van der Waals surface area contributed by atoms with Crippen molar-refractivity contribution in [1.82, 2.24) is 0 Å². The van der Waals surface area contributed by atoms with E-state index in [1.807, 2.05) is 32.0 Å². The van der Waals surface area contributed by atoms with Crippen LogP contribution in [0.4, 0.5) is 17.6 Å². The summed E-state index contributed by atoms with van der Waals surface area (Å²) < 4.78 is 51.6. The maximum Gasteiger partial charge on any atom is 0.418 e. The quantitative estimate of drug-likeness (QED) is 0.799. The first-order valence-corrected chi connectivity index (χ1v) is 7.27. The van der Waals surface area contributed by atoms with Gasteiger partial charge in [-0.15, -0.1) is 0 Å². The predicted molar refractivity (Wildman–Crippen MR) is 80.7 cm³/mol. The fraction of sp³-hybridized carbons (Fsp3) is 0.333. The molecule has 0 aliphatic rings. The summed E-state index contributed by atoms with van der Waals surface area (Å²) in [6.07, 6.45) is -6.67.